The number of nitrogens with zero attached hydrogens (tertiary/aromatic N) is 2. The van der Waals surface area contributed by atoms with Gasteiger partial charge >= 0.3 is 0 Å². The Morgan fingerprint density at radius 2 is 1.74 bits per heavy atom. The average Bonchev–Trinajstić information content (AvgIpc) is 3.17. The number of carbonyl (C=O) groups is 1. The molecule has 9 heteroatoms. The Kier molecular flexibility index (Phi) is 8.62. The Balaban J connectivity index is 1.73. The highest BCUT2D eigenvalue weighted by atomic mass is 16.7. The number of aliphatic hydroxyl groups excluding tert-OH is 2. The Morgan fingerprint density at radius 3 is 2.33 bits per heavy atom. The maximum atomic E-state index is 13.4. The van der Waals surface area contributed by atoms with Crippen LogP contribution in [0.15, 0.2) is 16.8 Å². The van der Waals surface area contributed by atoms with E-state index in [4.69, 9.17) is 14.3 Å². The topological polar surface area (TPSA) is 121 Å². The molecule has 39 heavy (non-hydrogen) atoms. The SMILES string of the molecule is CO/N=C1\C=C2C(CC[C@]3(C)C(C(C)N(CC(OC)OC)C(=O)C(C)C)CC[C@@]23O)[C@@]2(C)C[C@H](O)[C@H](O)C[C@@H]12. The van der Waals surface area contributed by atoms with E-state index >= 15 is 0 Å². The fraction of sp³-hybridized carbons (Fsp3) is 0.867. The molecule has 4 aliphatic carbocycles. The summed E-state index contributed by atoms with van der Waals surface area (Å²) in [6.07, 6.45) is 3.79. The normalized spacial score (nSPS) is 41.6. The second-order valence-corrected chi connectivity index (χ2v) is 13.2. The lowest BCUT2D eigenvalue weighted by Gasteiger charge is -2.60. The minimum atomic E-state index is -1.08. The molecule has 222 valence electrons. The van der Waals surface area contributed by atoms with Crippen LogP contribution in [0.1, 0.15) is 73.1 Å². The lowest BCUT2D eigenvalue weighted by molar-refractivity contribution is -0.159. The molecule has 9 atom stereocenters. The lowest BCUT2D eigenvalue weighted by Crippen LogP contribution is -2.62. The summed E-state index contributed by atoms with van der Waals surface area (Å²) in [7, 11) is 4.68. The number of methoxy groups -OCH3 is 2. The van der Waals surface area contributed by atoms with Crippen molar-refractivity contribution in [3.63, 3.8) is 0 Å². The summed E-state index contributed by atoms with van der Waals surface area (Å²) >= 11 is 0. The maximum Gasteiger partial charge on any atom is 0.225 e. The number of oxime groups is 1. The van der Waals surface area contributed by atoms with Crippen LogP contribution >= 0.6 is 0 Å². The van der Waals surface area contributed by atoms with Crippen molar-refractivity contribution >= 4 is 11.6 Å². The van der Waals surface area contributed by atoms with Crippen molar-refractivity contribution in [1.29, 1.82) is 0 Å². The molecule has 0 radical (unpaired) electrons. The minimum absolute atomic E-state index is 0.0471. The first-order valence-electron chi connectivity index (χ1n) is 14.6. The first kappa shape index (κ1) is 30.4. The molecule has 1 amide bonds. The molecule has 0 spiro atoms. The molecule has 3 saturated carbocycles. The van der Waals surface area contributed by atoms with Gasteiger partial charge in [-0.05, 0) is 74.3 Å². The molecule has 9 nitrogen and oxygen atoms in total. The molecular formula is C30H50N2O7. The molecule has 0 saturated heterocycles. The third-order valence-corrected chi connectivity index (χ3v) is 11.1. The van der Waals surface area contributed by atoms with Crippen LogP contribution in [0.4, 0.5) is 0 Å². The highest BCUT2D eigenvalue weighted by molar-refractivity contribution is 5.99. The third kappa shape index (κ3) is 4.76. The number of ether oxygens (including phenoxy) is 2. The van der Waals surface area contributed by atoms with Gasteiger partial charge in [0.25, 0.3) is 0 Å². The molecule has 4 rings (SSSR count). The van der Waals surface area contributed by atoms with Crippen molar-refractivity contribution in [2.45, 2.75) is 103 Å². The van der Waals surface area contributed by atoms with Crippen LogP contribution < -0.4 is 0 Å². The summed E-state index contributed by atoms with van der Waals surface area (Å²) in [5.41, 5.74) is -0.200. The number of fused-ring (bicyclic) bond motifs is 5. The van der Waals surface area contributed by atoms with Crippen molar-refractivity contribution in [3.8, 4) is 0 Å². The van der Waals surface area contributed by atoms with Crippen molar-refractivity contribution in [2.75, 3.05) is 27.9 Å². The standard InChI is InChI=1S/C30H50N2O7/c1-17(2)27(35)32(16-26(37-6)38-7)18(3)19-10-12-30(36)21-13-23(31-39-8)22-14-24(33)25(34)15-28(22,4)20(21)9-11-29(19,30)5/h13,17-20,22,24-26,33-34,36H,9-12,14-16H2,1-8H3/b31-23+/t18?,19?,20?,22-,24+,25-,28+,29+,30+/m0/s1. The van der Waals surface area contributed by atoms with Crippen molar-refractivity contribution in [3.05, 3.63) is 11.6 Å². The van der Waals surface area contributed by atoms with Crippen LogP contribution in [0.5, 0.6) is 0 Å². The summed E-state index contributed by atoms with van der Waals surface area (Å²) in [6, 6.07) is -0.130. The van der Waals surface area contributed by atoms with Gasteiger partial charge in [-0.3, -0.25) is 4.79 Å². The van der Waals surface area contributed by atoms with Gasteiger partial charge in [-0.2, -0.15) is 0 Å². The molecule has 3 unspecified atom stereocenters. The van der Waals surface area contributed by atoms with Crippen molar-refractivity contribution in [1.82, 2.24) is 4.90 Å². The summed E-state index contributed by atoms with van der Waals surface area (Å²) in [5.74, 6) is -0.0657. The zero-order valence-electron chi connectivity index (χ0n) is 25.0. The zero-order chi connectivity index (χ0) is 28.9. The number of hydrogen-bond donors (Lipinski definition) is 3. The first-order valence-corrected chi connectivity index (χ1v) is 14.6. The Bertz CT molecular complexity index is 980. The highest BCUT2D eigenvalue weighted by Crippen LogP contribution is 2.67. The van der Waals surface area contributed by atoms with E-state index in [9.17, 15) is 20.1 Å². The molecule has 0 aromatic heterocycles. The predicted molar refractivity (Wildman–Crippen MR) is 148 cm³/mol. The summed E-state index contributed by atoms with van der Waals surface area (Å²) in [6.45, 7) is 10.6. The molecule has 0 aliphatic heterocycles. The molecule has 3 fully saturated rings. The summed E-state index contributed by atoms with van der Waals surface area (Å²) < 4.78 is 10.9. The van der Waals surface area contributed by atoms with Gasteiger partial charge < -0.3 is 34.5 Å². The van der Waals surface area contributed by atoms with Crippen molar-refractivity contribution < 1.29 is 34.4 Å². The lowest BCUT2D eigenvalue weighted by atomic mass is 9.46. The average molecular weight is 551 g/mol. The smallest absolute Gasteiger partial charge is 0.225 e. The monoisotopic (exact) mass is 550 g/mol. The molecule has 0 bridgehead atoms. The van der Waals surface area contributed by atoms with Gasteiger partial charge in [-0.15, -0.1) is 0 Å². The number of amides is 1. The number of allylic oxidation sites excluding steroid dienone is 1. The fourth-order valence-electron chi connectivity index (χ4n) is 8.82. The second kappa shape index (κ2) is 11.0. The zero-order valence-corrected chi connectivity index (χ0v) is 25.0. The molecule has 0 heterocycles. The van der Waals surface area contributed by atoms with E-state index in [1.165, 1.54) is 7.11 Å². The van der Waals surface area contributed by atoms with Gasteiger partial charge in [-0.1, -0.05) is 32.9 Å². The Hall–Kier alpha value is -1.52. The van der Waals surface area contributed by atoms with E-state index in [-0.39, 0.29) is 41.0 Å². The van der Waals surface area contributed by atoms with Crippen LogP contribution in [0, 0.1) is 34.5 Å². The van der Waals surface area contributed by atoms with E-state index in [1.807, 2.05) is 24.8 Å². The predicted octanol–water partition coefficient (Wildman–Crippen LogP) is 3.12. The highest BCUT2D eigenvalue weighted by Gasteiger charge is 2.67. The second-order valence-electron chi connectivity index (χ2n) is 13.2. The van der Waals surface area contributed by atoms with Crippen LogP contribution in [0.3, 0.4) is 0 Å². The van der Waals surface area contributed by atoms with Gasteiger partial charge in [0, 0.05) is 37.5 Å². The molecule has 3 N–H and O–H groups in total. The first-order chi connectivity index (χ1) is 18.3. The molecule has 4 aliphatic rings. The summed E-state index contributed by atoms with van der Waals surface area (Å²) in [5, 5.41) is 38.3. The van der Waals surface area contributed by atoms with E-state index in [0.29, 0.717) is 25.8 Å². The number of hydrogen-bond acceptors (Lipinski definition) is 8. The maximum absolute atomic E-state index is 13.4. The number of rotatable bonds is 8. The number of carbonyl (C=O) groups excluding carboxylic acids is 1. The third-order valence-electron chi connectivity index (χ3n) is 11.1. The van der Waals surface area contributed by atoms with Gasteiger partial charge in [-0.25, -0.2) is 0 Å². The summed E-state index contributed by atoms with van der Waals surface area (Å²) in [4.78, 5) is 20.5. The van der Waals surface area contributed by atoms with E-state index < -0.39 is 29.5 Å². The molecular weight excluding hydrogens is 500 g/mol. The van der Waals surface area contributed by atoms with Crippen LogP contribution in [-0.2, 0) is 19.1 Å². The van der Waals surface area contributed by atoms with E-state index in [0.717, 1.165) is 30.5 Å². The Morgan fingerprint density at radius 1 is 1.08 bits per heavy atom. The fourth-order valence-corrected chi connectivity index (χ4v) is 8.82. The van der Waals surface area contributed by atoms with Crippen LogP contribution in [0.2, 0.25) is 0 Å². The minimum Gasteiger partial charge on any atom is -0.399 e. The van der Waals surface area contributed by atoms with Crippen molar-refractivity contribution in [2.24, 2.45) is 39.7 Å². The van der Waals surface area contributed by atoms with Gasteiger partial charge in [0.1, 0.15) is 7.11 Å². The van der Waals surface area contributed by atoms with Gasteiger partial charge in [0.15, 0.2) is 6.29 Å². The van der Waals surface area contributed by atoms with E-state index in [2.05, 4.69) is 25.9 Å². The quantitative estimate of drug-likeness (QED) is 0.314. The molecule has 0 aromatic carbocycles. The van der Waals surface area contributed by atoms with Crippen LogP contribution in [0.25, 0.3) is 0 Å². The number of aliphatic hydroxyl groups is 3. The van der Waals surface area contributed by atoms with Gasteiger partial charge in [0.2, 0.25) is 5.91 Å². The largest absolute Gasteiger partial charge is 0.399 e. The van der Waals surface area contributed by atoms with E-state index in [1.54, 1.807) is 14.2 Å². The molecule has 0 aromatic rings. The van der Waals surface area contributed by atoms with Gasteiger partial charge in [0.05, 0.1) is 30.1 Å². The Labute approximate surface area is 233 Å². The van der Waals surface area contributed by atoms with Crippen LogP contribution in [-0.4, -0.2) is 89.9 Å².